The molecule has 0 aliphatic carbocycles. The minimum absolute atomic E-state index is 0.0370. The van der Waals surface area contributed by atoms with Gasteiger partial charge in [0.1, 0.15) is 10.8 Å². The van der Waals surface area contributed by atoms with Crippen LogP contribution < -0.4 is 5.32 Å². The van der Waals surface area contributed by atoms with Crippen LogP contribution in [-0.2, 0) is 12.2 Å². The number of thioether (sulfide) groups is 1. The minimum Gasteiger partial charge on any atom is -0.295 e. The molecule has 1 N–H and O–H groups in total. The van der Waals surface area contributed by atoms with Crippen molar-refractivity contribution in [3.8, 4) is 0 Å². The molecule has 0 spiro atoms. The number of aromatic nitrogens is 4. The molecule has 10 heteroatoms. The maximum Gasteiger partial charge on any atom is 0.277 e. The SMILES string of the molecule is CCCc1nnc(NC(=O)c2nc(SCc3ccccc3F)ncc2Cl)s1. The lowest BCUT2D eigenvalue weighted by atomic mass is 10.2. The molecule has 2 heterocycles. The molecule has 27 heavy (non-hydrogen) atoms. The van der Waals surface area contributed by atoms with E-state index >= 15 is 0 Å². The number of nitrogens with zero attached hydrogens (tertiary/aromatic N) is 4. The number of hydrogen-bond donors (Lipinski definition) is 1. The third-order valence-electron chi connectivity index (χ3n) is 3.40. The first-order valence-corrected chi connectivity index (χ1v) is 10.3. The topological polar surface area (TPSA) is 80.7 Å². The number of carbonyl (C=O) groups excluding carboxylic acids is 1. The maximum absolute atomic E-state index is 13.7. The van der Waals surface area contributed by atoms with Crippen molar-refractivity contribution in [2.24, 2.45) is 0 Å². The Hall–Kier alpha value is -2.10. The molecule has 0 unspecified atom stereocenters. The fraction of sp³-hybridized carbons (Fsp3) is 0.235. The van der Waals surface area contributed by atoms with E-state index in [9.17, 15) is 9.18 Å². The van der Waals surface area contributed by atoms with Gasteiger partial charge in [0.25, 0.3) is 5.91 Å². The number of nitrogens with one attached hydrogen (secondary N) is 1. The lowest BCUT2D eigenvalue weighted by Gasteiger charge is -2.06. The van der Waals surface area contributed by atoms with E-state index in [4.69, 9.17) is 11.6 Å². The molecular weight excluding hydrogens is 409 g/mol. The van der Waals surface area contributed by atoms with E-state index in [2.05, 4.69) is 25.5 Å². The van der Waals surface area contributed by atoms with E-state index in [0.29, 0.717) is 21.6 Å². The van der Waals surface area contributed by atoms with Crippen LogP contribution in [0.5, 0.6) is 0 Å². The van der Waals surface area contributed by atoms with E-state index in [-0.39, 0.29) is 16.5 Å². The molecule has 140 valence electrons. The van der Waals surface area contributed by atoms with Crippen LogP contribution in [-0.4, -0.2) is 26.1 Å². The summed E-state index contributed by atoms with van der Waals surface area (Å²) in [6, 6.07) is 6.47. The van der Waals surface area contributed by atoms with Crippen molar-refractivity contribution in [3.63, 3.8) is 0 Å². The van der Waals surface area contributed by atoms with Crippen LogP contribution in [0.4, 0.5) is 9.52 Å². The zero-order valence-electron chi connectivity index (χ0n) is 14.3. The number of anilines is 1. The Morgan fingerprint density at radius 2 is 2.15 bits per heavy atom. The molecule has 1 aromatic carbocycles. The van der Waals surface area contributed by atoms with Crippen molar-refractivity contribution < 1.29 is 9.18 Å². The van der Waals surface area contributed by atoms with Crippen LogP contribution in [0, 0.1) is 5.82 Å². The van der Waals surface area contributed by atoms with Crippen LogP contribution in [0.25, 0.3) is 0 Å². The number of hydrogen-bond acceptors (Lipinski definition) is 7. The summed E-state index contributed by atoms with van der Waals surface area (Å²) >= 11 is 8.60. The largest absolute Gasteiger partial charge is 0.295 e. The molecule has 0 bridgehead atoms. The standard InChI is InChI=1S/C17H15ClFN5OS2/c1-2-5-13-23-24-17(27-13)22-15(25)14-11(18)8-20-16(21-14)26-9-10-6-3-4-7-12(10)19/h3-4,6-8H,2,5,9H2,1H3,(H,22,24,25). The van der Waals surface area contributed by atoms with Gasteiger partial charge >= 0.3 is 0 Å². The van der Waals surface area contributed by atoms with Crippen LogP contribution in [0.3, 0.4) is 0 Å². The van der Waals surface area contributed by atoms with Crippen molar-refractivity contribution in [2.45, 2.75) is 30.7 Å². The summed E-state index contributed by atoms with van der Waals surface area (Å²) in [6.07, 6.45) is 3.11. The fourth-order valence-corrected chi connectivity index (χ4v) is 3.93. The van der Waals surface area contributed by atoms with E-state index in [1.807, 2.05) is 6.92 Å². The summed E-state index contributed by atoms with van der Waals surface area (Å²) in [5, 5.41) is 12.3. The number of halogens is 2. The summed E-state index contributed by atoms with van der Waals surface area (Å²) in [6.45, 7) is 2.04. The fourth-order valence-electron chi connectivity index (χ4n) is 2.11. The van der Waals surface area contributed by atoms with Crippen LogP contribution in [0.15, 0.2) is 35.6 Å². The van der Waals surface area contributed by atoms with Crippen molar-refractivity contribution in [2.75, 3.05) is 5.32 Å². The predicted molar refractivity (Wildman–Crippen MR) is 105 cm³/mol. The van der Waals surface area contributed by atoms with Crippen molar-refractivity contribution in [1.29, 1.82) is 0 Å². The zero-order chi connectivity index (χ0) is 19.2. The molecule has 0 radical (unpaired) electrons. The summed E-state index contributed by atoms with van der Waals surface area (Å²) in [4.78, 5) is 20.8. The summed E-state index contributed by atoms with van der Waals surface area (Å²) in [5.41, 5.74) is 0.569. The van der Waals surface area contributed by atoms with Gasteiger partial charge in [0.15, 0.2) is 10.9 Å². The van der Waals surface area contributed by atoms with Gasteiger partial charge in [-0.15, -0.1) is 10.2 Å². The summed E-state index contributed by atoms with van der Waals surface area (Å²) < 4.78 is 13.7. The molecular formula is C17H15ClFN5OS2. The average molecular weight is 424 g/mol. The second-order valence-corrected chi connectivity index (χ2v) is 7.85. The minimum atomic E-state index is -0.491. The lowest BCUT2D eigenvalue weighted by molar-refractivity contribution is 0.102. The Balaban J connectivity index is 1.70. The first-order chi connectivity index (χ1) is 13.1. The first kappa shape index (κ1) is 19.7. The van der Waals surface area contributed by atoms with Gasteiger partial charge < -0.3 is 0 Å². The lowest BCUT2D eigenvalue weighted by Crippen LogP contribution is -2.15. The van der Waals surface area contributed by atoms with Gasteiger partial charge in [-0.25, -0.2) is 14.4 Å². The van der Waals surface area contributed by atoms with Gasteiger partial charge in [0.2, 0.25) is 5.13 Å². The molecule has 6 nitrogen and oxygen atoms in total. The second-order valence-electron chi connectivity index (χ2n) is 5.43. The van der Waals surface area contributed by atoms with Gasteiger partial charge in [0, 0.05) is 12.2 Å². The highest BCUT2D eigenvalue weighted by atomic mass is 35.5. The molecule has 0 saturated carbocycles. The molecule has 3 aromatic rings. The second kappa shape index (κ2) is 9.20. The van der Waals surface area contributed by atoms with Gasteiger partial charge in [0.05, 0.1) is 11.2 Å². The Bertz CT molecular complexity index is 953. The average Bonchev–Trinajstić information content (AvgIpc) is 3.09. The number of benzene rings is 1. The van der Waals surface area contributed by atoms with Crippen LogP contribution in [0.2, 0.25) is 5.02 Å². The van der Waals surface area contributed by atoms with Crippen molar-refractivity contribution in [1.82, 2.24) is 20.2 Å². The quantitative estimate of drug-likeness (QED) is 0.441. The number of amides is 1. The van der Waals surface area contributed by atoms with Gasteiger partial charge in [-0.2, -0.15) is 0 Å². The number of carbonyl (C=O) groups is 1. The van der Waals surface area contributed by atoms with E-state index in [1.54, 1.807) is 18.2 Å². The summed E-state index contributed by atoms with van der Waals surface area (Å²) in [5.74, 6) is -0.447. The monoisotopic (exact) mass is 423 g/mol. The Kier molecular flexibility index (Phi) is 6.70. The Labute approximate surface area is 168 Å². The number of rotatable bonds is 7. The molecule has 0 saturated heterocycles. The molecule has 1 amide bonds. The Morgan fingerprint density at radius 3 is 2.93 bits per heavy atom. The number of aryl methyl sites for hydroxylation is 1. The third kappa shape index (κ3) is 5.21. The van der Waals surface area contributed by atoms with Gasteiger partial charge in [-0.3, -0.25) is 10.1 Å². The third-order valence-corrected chi connectivity index (χ3v) is 5.49. The van der Waals surface area contributed by atoms with E-state index < -0.39 is 5.91 Å². The highest BCUT2D eigenvalue weighted by Gasteiger charge is 2.17. The van der Waals surface area contributed by atoms with E-state index in [0.717, 1.165) is 17.8 Å². The molecule has 0 aliphatic rings. The predicted octanol–water partition coefficient (Wildman–Crippen LogP) is 4.62. The molecule has 0 atom stereocenters. The van der Waals surface area contributed by atoms with Crippen molar-refractivity contribution >= 4 is 45.7 Å². The normalized spacial score (nSPS) is 10.8. The van der Waals surface area contributed by atoms with Gasteiger partial charge in [-0.05, 0) is 18.1 Å². The Morgan fingerprint density at radius 1 is 1.33 bits per heavy atom. The van der Waals surface area contributed by atoms with Crippen LogP contribution >= 0.6 is 34.7 Å². The molecule has 2 aromatic heterocycles. The van der Waals surface area contributed by atoms with E-state index in [1.165, 1.54) is 35.4 Å². The van der Waals surface area contributed by atoms with Gasteiger partial charge in [-0.1, -0.05) is 59.8 Å². The van der Waals surface area contributed by atoms with Crippen molar-refractivity contribution in [3.05, 3.63) is 57.6 Å². The molecule has 0 aliphatic heterocycles. The molecule has 0 fully saturated rings. The smallest absolute Gasteiger partial charge is 0.277 e. The highest BCUT2D eigenvalue weighted by Crippen LogP contribution is 2.24. The maximum atomic E-state index is 13.7. The molecule has 3 rings (SSSR count). The first-order valence-electron chi connectivity index (χ1n) is 8.09. The zero-order valence-corrected chi connectivity index (χ0v) is 16.7. The van der Waals surface area contributed by atoms with Crippen LogP contribution in [0.1, 0.15) is 34.4 Å². The summed E-state index contributed by atoms with van der Waals surface area (Å²) in [7, 11) is 0. The highest BCUT2D eigenvalue weighted by molar-refractivity contribution is 7.98.